The summed E-state index contributed by atoms with van der Waals surface area (Å²) in [7, 11) is 0. The van der Waals surface area contributed by atoms with Gasteiger partial charge in [0.25, 0.3) is 0 Å². The molecule has 0 radical (unpaired) electrons. The molecule has 1 rings (SSSR count). The van der Waals surface area contributed by atoms with E-state index >= 15 is 0 Å². The van der Waals surface area contributed by atoms with E-state index in [4.69, 9.17) is 0 Å². The number of nitrogens with one attached hydrogen (secondary N) is 1. The lowest BCUT2D eigenvalue weighted by molar-refractivity contribution is 0.0177. The van der Waals surface area contributed by atoms with Gasteiger partial charge in [-0.25, -0.2) is 0 Å². The Morgan fingerprint density at radius 1 is 1.26 bits per heavy atom. The van der Waals surface area contributed by atoms with Crippen molar-refractivity contribution in [3.63, 3.8) is 0 Å². The largest absolute Gasteiger partial charge is 0.388 e. The summed E-state index contributed by atoms with van der Waals surface area (Å²) in [5.74, 6) is 0. The predicted molar refractivity (Wildman–Crippen MR) is 81.2 cm³/mol. The quantitative estimate of drug-likeness (QED) is 0.756. The maximum Gasteiger partial charge on any atom is 0.0869 e. The fraction of sp³-hybridized carbons (Fsp3) is 0.625. The molecule has 0 saturated carbocycles. The van der Waals surface area contributed by atoms with Crippen LogP contribution in [0.5, 0.6) is 0 Å². The average Bonchev–Trinajstić information content (AvgIpc) is 2.37. The van der Waals surface area contributed by atoms with Crippen LogP contribution in [-0.4, -0.2) is 41.3 Å². The zero-order chi connectivity index (χ0) is 14.3. The van der Waals surface area contributed by atoms with Crippen molar-refractivity contribution >= 4 is 0 Å². The van der Waals surface area contributed by atoms with E-state index in [9.17, 15) is 5.11 Å². The Balaban J connectivity index is 2.51. The molecule has 0 bridgehead atoms. The van der Waals surface area contributed by atoms with Crippen LogP contribution >= 0.6 is 0 Å². The second kappa shape index (κ2) is 7.63. The third kappa shape index (κ3) is 6.71. The highest BCUT2D eigenvalue weighted by molar-refractivity contribution is 5.14. The molecule has 1 aromatic carbocycles. The number of hydrogen-bond donors (Lipinski definition) is 2. The maximum absolute atomic E-state index is 10.4. The average molecular weight is 264 g/mol. The molecule has 1 atom stereocenters. The molecule has 1 aromatic rings. The number of likely N-dealkylation sites (N-methyl/N-ethyl adjacent to an activating group) is 1. The molecule has 0 spiro atoms. The first kappa shape index (κ1) is 16.2. The molecule has 0 aliphatic carbocycles. The van der Waals surface area contributed by atoms with Crippen molar-refractivity contribution in [2.45, 2.75) is 45.9 Å². The van der Waals surface area contributed by atoms with Gasteiger partial charge in [-0.2, -0.15) is 0 Å². The lowest BCUT2D eigenvalue weighted by Crippen LogP contribution is -2.48. The van der Waals surface area contributed by atoms with Gasteiger partial charge >= 0.3 is 0 Å². The Hall–Kier alpha value is -0.900. The number of aliphatic hydroxyl groups is 1. The van der Waals surface area contributed by atoms with Crippen molar-refractivity contribution in [3.8, 4) is 0 Å². The molecular weight excluding hydrogens is 236 g/mol. The minimum Gasteiger partial charge on any atom is -0.388 e. The van der Waals surface area contributed by atoms with E-state index in [-0.39, 0.29) is 0 Å². The first-order valence-electron chi connectivity index (χ1n) is 7.15. The Labute approximate surface area is 117 Å². The molecule has 0 saturated heterocycles. The van der Waals surface area contributed by atoms with Gasteiger partial charge < -0.3 is 10.4 Å². The van der Waals surface area contributed by atoms with Gasteiger partial charge in [-0.05, 0) is 19.0 Å². The summed E-state index contributed by atoms with van der Waals surface area (Å²) in [6.07, 6.45) is 0. The van der Waals surface area contributed by atoms with Crippen LogP contribution < -0.4 is 5.32 Å². The minimum atomic E-state index is -0.699. The third-order valence-corrected chi connectivity index (χ3v) is 3.15. The van der Waals surface area contributed by atoms with Crippen LogP contribution in [0.2, 0.25) is 0 Å². The molecule has 3 heteroatoms. The first-order chi connectivity index (χ1) is 8.93. The molecule has 0 aliphatic rings. The SMILES string of the molecule is CCN(Cc1ccccc1)CC(C)(O)CNC(C)C. The fourth-order valence-electron chi connectivity index (χ4n) is 2.08. The van der Waals surface area contributed by atoms with E-state index < -0.39 is 5.60 Å². The summed E-state index contributed by atoms with van der Waals surface area (Å²) in [6.45, 7) is 11.3. The first-order valence-corrected chi connectivity index (χ1v) is 7.15. The van der Waals surface area contributed by atoms with Crippen molar-refractivity contribution < 1.29 is 5.11 Å². The number of benzene rings is 1. The Kier molecular flexibility index (Phi) is 6.49. The molecule has 0 heterocycles. The van der Waals surface area contributed by atoms with Crippen molar-refractivity contribution in [1.82, 2.24) is 10.2 Å². The van der Waals surface area contributed by atoms with Crippen molar-refractivity contribution in [2.24, 2.45) is 0 Å². The van der Waals surface area contributed by atoms with Gasteiger partial charge in [-0.1, -0.05) is 51.1 Å². The molecule has 3 nitrogen and oxygen atoms in total. The second-order valence-corrected chi connectivity index (χ2v) is 5.82. The summed E-state index contributed by atoms with van der Waals surface area (Å²) in [5.41, 5.74) is 0.590. The topological polar surface area (TPSA) is 35.5 Å². The molecule has 0 aromatic heterocycles. The van der Waals surface area contributed by atoms with Gasteiger partial charge in [-0.15, -0.1) is 0 Å². The number of nitrogens with zero attached hydrogens (tertiary/aromatic N) is 1. The van der Waals surface area contributed by atoms with E-state index in [0.717, 1.165) is 13.1 Å². The highest BCUT2D eigenvalue weighted by Crippen LogP contribution is 2.10. The standard InChI is InChI=1S/C16H28N2O/c1-5-18(11-15-9-7-6-8-10-15)13-16(4,19)12-17-14(2)3/h6-10,14,17,19H,5,11-13H2,1-4H3. The van der Waals surface area contributed by atoms with Crippen LogP contribution in [0, 0.1) is 0 Å². The lowest BCUT2D eigenvalue weighted by Gasteiger charge is -2.32. The van der Waals surface area contributed by atoms with Gasteiger partial charge in [0.1, 0.15) is 0 Å². The summed E-state index contributed by atoms with van der Waals surface area (Å²) in [6, 6.07) is 10.8. The molecule has 19 heavy (non-hydrogen) atoms. The van der Waals surface area contributed by atoms with Crippen LogP contribution in [0.15, 0.2) is 30.3 Å². The van der Waals surface area contributed by atoms with E-state index in [2.05, 4.69) is 55.3 Å². The molecular formula is C16H28N2O. The molecule has 108 valence electrons. The van der Waals surface area contributed by atoms with Crippen molar-refractivity contribution in [3.05, 3.63) is 35.9 Å². The maximum atomic E-state index is 10.4. The summed E-state index contributed by atoms with van der Waals surface area (Å²) >= 11 is 0. The zero-order valence-electron chi connectivity index (χ0n) is 12.7. The minimum absolute atomic E-state index is 0.399. The smallest absolute Gasteiger partial charge is 0.0869 e. The number of hydrogen-bond acceptors (Lipinski definition) is 3. The van der Waals surface area contributed by atoms with E-state index in [1.54, 1.807) is 0 Å². The van der Waals surface area contributed by atoms with E-state index in [0.29, 0.717) is 19.1 Å². The van der Waals surface area contributed by atoms with Crippen LogP contribution in [0.3, 0.4) is 0 Å². The summed E-state index contributed by atoms with van der Waals surface area (Å²) in [4.78, 5) is 2.28. The highest BCUT2D eigenvalue weighted by Gasteiger charge is 2.23. The predicted octanol–water partition coefficient (Wildman–Crippen LogP) is 2.26. The van der Waals surface area contributed by atoms with Crippen molar-refractivity contribution in [1.29, 1.82) is 0 Å². The van der Waals surface area contributed by atoms with Gasteiger partial charge in [0, 0.05) is 25.7 Å². The van der Waals surface area contributed by atoms with Gasteiger partial charge in [0.2, 0.25) is 0 Å². The van der Waals surface area contributed by atoms with Crippen molar-refractivity contribution in [2.75, 3.05) is 19.6 Å². The normalized spacial score (nSPS) is 14.9. The molecule has 0 aliphatic heterocycles. The zero-order valence-corrected chi connectivity index (χ0v) is 12.7. The molecule has 2 N–H and O–H groups in total. The van der Waals surface area contributed by atoms with Crippen LogP contribution in [0.25, 0.3) is 0 Å². The van der Waals surface area contributed by atoms with Gasteiger partial charge in [0.15, 0.2) is 0 Å². The fourth-order valence-corrected chi connectivity index (χ4v) is 2.08. The van der Waals surface area contributed by atoms with E-state index in [1.807, 2.05) is 13.0 Å². The Morgan fingerprint density at radius 3 is 2.42 bits per heavy atom. The Morgan fingerprint density at radius 2 is 1.89 bits per heavy atom. The molecule has 0 fully saturated rings. The van der Waals surface area contributed by atoms with Crippen LogP contribution in [-0.2, 0) is 6.54 Å². The summed E-state index contributed by atoms with van der Waals surface area (Å²) in [5, 5.41) is 13.7. The Bertz CT molecular complexity index is 349. The third-order valence-electron chi connectivity index (χ3n) is 3.15. The van der Waals surface area contributed by atoms with Crippen LogP contribution in [0.1, 0.15) is 33.3 Å². The van der Waals surface area contributed by atoms with Crippen LogP contribution in [0.4, 0.5) is 0 Å². The number of rotatable bonds is 8. The van der Waals surface area contributed by atoms with Gasteiger partial charge in [-0.3, -0.25) is 4.90 Å². The monoisotopic (exact) mass is 264 g/mol. The second-order valence-electron chi connectivity index (χ2n) is 5.82. The van der Waals surface area contributed by atoms with Gasteiger partial charge in [0.05, 0.1) is 5.60 Å². The van der Waals surface area contributed by atoms with E-state index in [1.165, 1.54) is 5.56 Å². The summed E-state index contributed by atoms with van der Waals surface area (Å²) < 4.78 is 0. The molecule has 0 amide bonds. The molecule has 1 unspecified atom stereocenters. The highest BCUT2D eigenvalue weighted by atomic mass is 16.3. The lowest BCUT2D eigenvalue weighted by atomic mass is 10.1.